The van der Waals surface area contributed by atoms with Gasteiger partial charge in [-0.25, -0.2) is 0 Å². The molecule has 86 valence electrons. The van der Waals surface area contributed by atoms with Crippen LogP contribution in [0.1, 0.15) is 47.5 Å². The van der Waals surface area contributed by atoms with Crippen molar-refractivity contribution in [1.29, 1.82) is 0 Å². The molecule has 0 fully saturated rings. The second-order valence-electron chi connectivity index (χ2n) is 4.73. The van der Waals surface area contributed by atoms with Gasteiger partial charge < -0.3 is 10.4 Å². The van der Waals surface area contributed by atoms with Crippen LogP contribution in [0, 0.1) is 11.8 Å². The van der Waals surface area contributed by atoms with E-state index in [0.717, 1.165) is 13.0 Å². The number of aliphatic hydroxyl groups excluding tert-OH is 1. The Hall–Kier alpha value is -0.0800. The molecule has 2 nitrogen and oxygen atoms in total. The first-order valence-corrected chi connectivity index (χ1v) is 5.90. The van der Waals surface area contributed by atoms with Gasteiger partial charge in [-0.2, -0.15) is 0 Å². The molecule has 0 aromatic heterocycles. The van der Waals surface area contributed by atoms with Crippen LogP contribution in [0.25, 0.3) is 0 Å². The van der Waals surface area contributed by atoms with Crippen molar-refractivity contribution in [3.8, 4) is 0 Å². The second kappa shape index (κ2) is 7.24. The third kappa shape index (κ3) is 5.61. The van der Waals surface area contributed by atoms with E-state index in [2.05, 4.69) is 39.9 Å². The fourth-order valence-corrected chi connectivity index (χ4v) is 1.35. The fourth-order valence-electron chi connectivity index (χ4n) is 1.35. The van der Waals surface area contributed by atoms with Crippen molar-refractivity contribution < 1.29 is 5.11 Å². The zero-order chi connectivity index (χ0) is 11.1. The van der Waals surface area contributed by atoms with E-state index < -0.39 is 0 Å². The van der Waals surface area contributed by atoms with Gasteiger partial charge in [-0.1, -0.05) is 34.1 Å². The number of nitrogens with one attached hydrogen (secondary N) is 1. The topological polar surface area (TPSA) is 32.3 Å². The maximum atomic E-state index is 9.60. The average molecular weight is 201 g/mol. The largest absolute Gasteiger partial charge is 0.393 e. The molecule has 0 aliphatic heterocycles. The Bertz CT molecular complexity index is 136. The van der Waals surface area contributed by atoms with Crippen LogP contribution in [-0.2, 0) is 0 Å². The molecule has 0 bridgehead atoms. The van der Waals surface area contributed by atoms with Gasteiger partial charge in [-0.15, -0.1) is 0 Å². The first kappa shape index (κ1) is 13.9. The second-order valence-corrected chi connectivity index (χ2v) is 4.73. The van der Waals surface area contributed by atoms with Crippen LogP contribution in [-0.4, -0.2) is 23.8 Å². The maximum absolute atomic E-state index is 9.60. The van der Waals surface area contributed by atoms with Gasteiger partial charge in [0.25, 0.3) is 0 Å². The molecular formula is C12H27NO. The van der Waals surface area contributed by atoms with E-state index in [1.807, 2.05) is 0 Å². The summed E-state index contributed by atoms with van der Waals surface area (Å²) in [6, 6.07) is 0.555. The van der Waals surface area contributed by atoms with Crippen LogP contribution < -0.4 is 5.32 Å². The highest BCUT2D eigenvalue weighted by atomic mass is 16.3. The predicted octanol–water partition coefficient (Wildman–Crippen LogP) is 2.42. The molecule has 2 N–H and O–H groups in total. The maximum Gasteiger partial charge on any atom is 0.0575 e. The normalized spacial score (nSPS) is 18.2. The third-order valence-electron chi connectivity index (χ3n) is 3.17. The summed E-state index contributed by atoms with van der Waals surface area (Å²) in [5.74, 6) is 1.09. The van der Waals surface area contributed by atoms with Crippen LogP contribution in [0.3, 0.4) is 0 Å². The Labute approximate surface area is 89.1 Å². The minimum absolute atomic E-state index is 0.161. The van der Waals surface area contributed by atoms with Crippen molar-refractivity contribution >= 4 is 0 Å². The zero-order valence-corrected chi connectivity index (χ0v) is 10.4. The van der Waals surface area contributed by atoms with Gasteiger partial charge in [-0.3, -0.25) is 0 Å². The van der Waals surface area contributed by atoms with Gasteiger partial charge >= 0.3 is 0 Å². The molecule has 0 heterocycles. The van der Waals surface area contributed by atoms with Gasteiger partial charge in [0.1, 0.15) is 0 Å². The lowest BCUT2D eigenvalue weighted by Gasteiger charge is -2.21. The van der Waals surface area contributed by atoms with Crippen LogP contribution in [0.4, 0.5) is 0 Å². The molecule has 0 radical (unpaired) electrons. The van der Waals surface area contributed by atoms with Crippen molar-refractivity contribution in [2.45, 2.75) is 59.6 Å². The SMILES string of the molecule is CCC(C)C(C)NCCC(O)C(C)C. The molecule has 14 heavy (non-hydrogen) atoms. The summed E-state index contributed by atoms with van der Waals surface area (Å²) in [5.41, 5.74) is 0. The Morgan fingerprint density at radius 2 is 1.71 bits per heavy atom. The van der Waals surface area contributed by atoms with Gasteiger partial charge in [0.2, 0.25) is 0 Å². The number of rotatable bonds is 7. The molecule has 3 atom stereocenters. The quantitative estimate of drug-likeness (QED) is 0.663. The summed E-state index contributed by atoms with van der Waals surface area (Å²) < 4.78 is 0. The first-order chi connectivity index (χ1) is 6.49. The minimum atomic E-state index is -0.161. The molecular weight excluding hydrogens is 174 g/mol. The molecule has 0 aliphatic carbocycles. The summed E-state index contributed by atoms with van der Waals surface area (Å²) in [4.78, 5) is 0. The summed E-state index contributed by atoms with van der Waals surface area (Å²) >= 11 is 0. The minimum Gasteiger partial charge on any atom is -0.393 e. The van der Waals surface area contributed by atoms with Gasteiger partial charge in [0.05, 0.1) is 6.10 Å². The highest BCUT2D eigenvalue weighted by Gasteiger charge is 2.11. The van der Waals surface area contributed by atoms with Gasteiger partial charge in [0, 0.05) is 6.04 Å². The lowest BCUT2D eigenvalue weighted by atomic mass is 10.00. The molecule has 0 saturated heterocycles. The molecule has 0 saturated carbocycles. The van der Waals surface area contributed by atoms with Crippen molar-refractivity contribution in [2.24, 2.45) is 11.8 Å². The Morgan fingerprint density at radius 1 is 1.14 bits per heavy atom. The highest BCUT2D eigenvalue weighted by Crippen LogP contribution is 2.08. The smallest absolute Gasteiger partial charge is 0.0575 e. The summed E-state index contributed by atoms with van der Waals surface area (Å²) in [5, 5.41) is 13.1. The molecule has 0 aromatic rings. The lowest BCUT2D eigenvalue weighted by molar-refractivity contribution is 0.114. The van der Waals surface area contributed by atoms with E-state index in [-0.39, 0.29) is 6.10 Å². The zero-order valence-electron chi connectivity index (χ0n) is 10.4. The van der Waals surface area contributed by atoms with Crippen molar-refractivity contribution in [3.05, 3.63) is 0 Å². The molecule has 2 heteroatoms. The summed E-state index contributed by atoms with van der Waals surface area (Å²) in [6.07, 6.45) is 1.91. The van der Waals surface area contributed by atoms with Crippen LogP contribution in [0.5, 0.6) is 0 Å². The molecule has 3 unspecified atom stereocenters. The lowest BCUT2D eigenvalue weighted by Crippen LogP contribution is -2.34. The van der Waals surface area contributed by atoms with Crippen LogP contribution in [0.2, 0.25) is 0 Å². The van der Waals surface area contributed by atoms with Crippen molar-refractivity contribution in [2.75, 3.05) is 6.54 Å². The summed E-state index contributed by atoms with van der Waals surface area (Å²) in [6.45, 7) is 11.7. The van der Waals surface area contributed by atoms with E-state index in [9.17, 15) is 5.11 Å². The monoisotopic (exact) mass is 201 g/mol. The Morgan fingerprint density at radius 3 is 2.14 bits per heavy atom. The molecule has 0 rings (SSSR count). The molecule has 0 amide bonds. The number of hydrogen-bond acceptors (Lipinski definition) is 2. The van der Waals surface area contributed by atoms with Crippen LogP contribution in [0.15, 0.2) is 0 Å². The highest BCUT2D eigenvalue weighted by molar-refractivity contribution is 4.69. The number of hydrogen-bond donors (Lipinski definition) is 2. The average Bonchev–Trinajstić information content (AvgIpc) is 2.15. The van der Waals surface area contributed by atoms with E-state index in [1.165, 1.54) is 6.42 Å². The van der Waals surface area contributed by atoms with Crippen molar-refractivity contribution in [3.63, 3.8) is 0 Å². The van der Waals surface area contributed by atoms with Crippen molar-refractivity contribution in [1.82, 2.24) is 5.32 Å². The Balaban J connectivity index is 3.53. The van der Waals surface area contributed by atoms with E-state index in [1.54, 1.807) is 0 Å². The molecule has 0 aliphatic rings. The summed E-state index contributed by atoms with van der Waals surface area (Å²) in [7, 11) is 0. The third-order valence-corrected chi connectivity index (χ3v) is 3.17. The number of aliphatic hydroxyl groups is 1. The first-order valence-electron chi connectivity index (χ1n) is 5.90. The van der Waals surface area contributed by atoms with E-state index in [0.29, 0.717) is 17.9 Å². The molecule has 0 aromatic carbocycles. The van der Waals surface area contributed by atoms with Crippen LogP contribution >= 0.6 is 0 Å². The van der Waals surface area contributed by atoms with Gasteiger partial charge in [0.15, 0.2) is 0 Å². The van der Waals surface area contributed by atoms with E-state index in [4.69, 9.17) is 0 Å². The molecule has 0 spiro atoms. The standard InChI is InChI=1S/C12H27NO/c1-6-10(4)11(5)13-8-7-12(14)9(2)3/h9-14H,6-8H2,1-5H3. The van der Waals surface area contributed by atoms with E-state index >= 15 is 0 Å². The van der Waals surface area contributed by atoms with Gasteiger partial charge in [-0.05, 0) is 31.7 Å². The predicted molar refractivity (Wildman–Crippen MR) is 62.4 cm³/mol. The fraction of sp³-hybridized carbons (Fsp3) is 1.00. The Kier molecular flexibility index (Phi) is 7.20.